The van der Waals surface area contributed by atoms with Crippen LogP contribution in [0.2, 0.25) is 0 Å². The molecule has 3 aromatic rings. The third kappa shape index (κ3) is 3.74. The van der Waals surface area contributed by atoms with Gasteiger partial charge in [0.1, 0.15) is 12.7 Å². The molecule has 0 bridgehead atoms. The van der Waals surface area contributed by atoms with E-state index in [2.05, 4.69) is 10.3 Å². The molecule has 9 nitrogen and oxygen atoms in total. The highest BCUT2D eigenvalue weighted by molar-refractivity contribution is 6.18. The lowest BCUT2D eigenvalue weighted by Gasteiger charge is -2.40. The molecule has 2 aliphatic heterocycles. The van der Waals surface area contributed by atoms with Crippen molar-refractivity contribution in [3.63, 3.8) is 0 Å². The number of amides is 3. The number of para-hydroxylation sites is 1. The Hall–Kier alpha value is -4.40. The first-order valence-corrected chi connectivity index (χ1v) is 11.2. The molecular weight excluding hydrogens is 448 g/mol. The number of aromatic nitrogens is 1. The summed E-state index contributed by atoms with van der Waals surface area (Å²) < 4.78 is 10.9. The molecule has 178 valence electrons. The van der Waals surface area contributed by atoms with Crippen LogP contribution in [0, 0.1) is 0 Å². The van der Waals surface area contributed by atoms with Gasteiger partial charge in [-0.1, -0.05) is 18.2 Å². The van der Waals surface area contributed by atoms with E-state index in [0.717, 1.165) is 5.56 Å². The number of hydrogen-bond donors (Lipinski definition) is 1. The molecule has 0 aliphatic carbocycles. The molecule has 0 spiro atoms. The van der Waals surface area contributed by atoms with Gasteiger partial charge in [-0.3, -0.25) is 24.3 Å². The van der Waals surface area contributed by atoms with Crippen molar-refractivity contribution in [1.29, 1.82) is 0 Å². The standard InChI is InChI=1S/C26H24N4O5/c1-34-20-8-7-18-22(23(20)35-2)26(33)30-19-6-4-3-5-17(19)25(32)29(24(18)30)15-21(31)28-14-11-16-9-12-27-13-10-16/h3-10,12-13,24H,11,14-15H2,1-2H3,(H,28,31)/t24-/m1/s1. The van der Waals surface area contributed by atoms with Crippen LogP contribution in [0.15, 0.2) is 60.9 Å². The molecule has 0 radical (unpaired) electrons. The van der Waals surface area contributed by atoms with Gasteiger partial charge in [-0.2, -0.15) is 0 Å². The fourth-order valence-corrected chi connectivity index (χ4v) is 4.69. The predicted molar refractivity (Wildman–Crippen MR) is 128 cm³/mol. The van der Waals surface area contributed by atoms with Crippen LogP contribution in [0.25, 0.3) is 0 Å². The van der Waals surface area contributed by atoms with Gasteiger partial charge in [0.2, 0.25) is 5.91 Å². The largest absolute Gasteiger partial charge is 0.493 e. The summed E-state index contributed by atoms with van der Waals surface area (Å²) in [5.74, 6) is -0.228. The topological polar surface area (TPSA) is 101 Å². The Bertz CT molecular complexity index is 1310. The second-order valence-corrected chi connectivity index (χ2v) is 8.22. The molecule has 3 heterocycles. The van der Waals surface area contributed by atoms with Crippen LogP contribution in [0.5, 0.6) is 11.5 Å². The number of pyridine rings is 1. The molecule has 3 amide bonds. The molecule has 2 aromatic carbocycles. The number of rotatable bonds is 7. The lowest BCUT2D eigenvalue weighted by Crippen LogP contribution is -2.51. The normalized spacial score (nSPS) is 15.9. The van der Waals surface area contributed by atoms with E-state index in [9.17, 15) is 14.4 Å². The van der Waals surface area contributed by atoms with Gasteiger partial charge >= 0.3 is 0 Å². The number of nitrogens with zero attached hydrogens (tertiary/aromatic N) is 3. The lowest BCUT2D eigenvalue weighted by atomic mass is 10.0. The Kier molecular flexibility index (Phi) is 5.82. The van der Waals surface area contributed by atoms with Crippen molar-refractivity contribution in [2.45, 2.75) is 12.6 Å². The average molecular weight is 473 g/mol. The highest BCUT2D eigenvalue weighted by Crippen LogP contribution is 2.49. The molecule has 0 saturated heterocycles. The zero-order valence-corrected chi connectivity index (χ0v) is 19.4. The van der Waals surface area contributed by atoms with E-state index in [4.69, 9.17) is 9.47 Å². The quantitative estimate of drug-likeness (QED) is 0.567. The van der Waals surface area contributed by atoms with Crippen molar-refractivity contribution in [1.82, 2.24) is 15.2 Å². The fourth-order valence-electron chi connectivity index (χ4n) is 4.69. The third-order valence-corrected chi connectivity index (χ3v) is 6.28. The first kappa shape index (κ1) is 22.4. The van der Waals surface area contributed by atoms with Crippen LogP contribution in [-0.2, 0) is 11.2 Å². The summed E-state index contributed by atoms with van der Waals surface area (Å²) in [5.41, 5.74) is 2.81. The molecule has 2 aliphatic rings. The van der Waals surface area contributed by atoms with Crippen LogP contribution in [-0.4, -0.2) is 54.9 Å². The zero-order chi connectivity index (χ0) is 24.5. The van der Waals surface area contributed by atoms with Crippen molar-refractivity contribution >= 4 is 23.4 Å². The van der Waals surface area contributed by atoms with Gasteiger partial charge in [0.15, 0.2) is 11.5 Å². The SMILES string of the molecule is COc1ccc2c(c1OC)C(=O)N1c3ccccc3C(=O)N(CC(=O)NCCc3ccncc3)[C@@H]21. The maximum absolute atomic E-state index is 13.7. The molecule has 35 heavy (non-hydrogen) atoms. The maximum atomic E-state index is 13.7. The molecule has 1 N–H and O–H groups in total. The molecule has 1 atom stereocenters. The minimum Gasteiger partial charge on any atom is -0.493 e. The molecule has 0 fully saturated rings. The number of ether oxygens (including phenoxy) is 2. The number of nitrogens with one attached hydrogen (secondary N) is 1. The average Bonchev–Trinajstić information content (AvgIpc) is 3.19. The Balaban J connectivity index is 1.47. The summed E-state index contributed by atoms with van der Waals surface area (Å²) in [6, 6.07) is 14.1. The van der Waals surface area contributed by atoms with Gasteiger partial charge in [0.25, 0.3) is 11.8 Å². The van der Waals surface area contributed by atoms with Crippen molar-refractivity contribution < 1.29 is 23.9 Å². The number of carbonyl (C=O) groups is 3. The fraction of sp³-hybridized carbons (Fsp3) is 0.231. The van der Waals surface area contributed by atoms with Gasteiger partial charge in [0.05, 0.1) is 31.0 Å². The van der Waals surface area contributed by atoms with Crippen LogP contribution in [0.3, 0.4) is 0 Å². The van der Waals surface area contributed by atoms with E-state index in [1.165, 1.54) is 19.1 Å². The number of fused-ring (bicyclic) bond motifs is 5. The van der Waals surface area contributed by atoms with Gasteiger partial charge < -0.3 is 19.7 Å². The Morgan fingerprint density at radius 1 is 1.00 bits per heavy atom. The summed E-state index contributed by atoms with van der Waals surface area (Å²) >= 11 is 0. The molecular formula is C26H24N4O5. The molecule has 1 aromatic heterocycles. The highest BCUT2D eigenvalue weighted by Gasteiger charge is 2.50. The second-order valence-electron chi connectivity index (χ2n) is 8.22. The number of carbonyl (C=O) groups excluding carboxylic acids is 3. The number of hydrogen-bond acceptors (Lipinski definition) is 6. The zero-order valence-electron chi connectivity index (χ0n) is 19.4. The van der Waals surface area contributed by atoms with E-state index in [1.807, 2.05) is 12.1 Å². The van der Waals surface area contributed by atoms with Gasteiger partial charge in [-0.05, 0) is 42.3 Å². The van der Waals surface area contributed by atoms with Gasteiger partial charge in [-0.15, -0.1) is 0 Å². The van der Waals surface area contributed by atoms with Crippen LogP contribution < -0.4 is 19.7 Å². The Morgan fingerprint density at radius 3 is 2.51 bits per heavy atom. The van der Waals surface area contributed by atoms with E-state index in [0.29, 0.717) is 46.8 Å². The van der Waals surface area contributed by atoms with Crippen LogP contribution >= 0.6 is 0 Å². The van der Waals surface area contributed by atoms with E-state index < -0.39 is 6.17 Å². The third-order valence-electron chi connectivity index (χ3n) is 6.28. The molecule has 0 unspecified atom stereocenters. The predicted octanol–water partition coefficient (Wildman–Crippen LogP) is 2.57. The molecule has 0 saturated carbocycles. The summed E-state index contributed by atoms with van der Waals surface area (Å²) in [6.07, 6.45) is 3.27. The lowest BCUT2D eigenvalue weighted by molar-refractivity contribution is -0.122. The van der Waals surface area contributed by atoms with Crippen LogP contribution in [0.4, 0.5) is 5.69 Å². The van der Waals surface area contributed by atoms with Crippen LogP contribution in [0.1, 0.15) is 38.0 Å². The van der Waals surface area contributed by atoms with Gasteiger partial charge in [-0.25, -0.2) is 0 Å². The first-order valence-electron chi connectivity index (χ1n) is 11.2. The van der Waals surface area contributed by atoms with Gasteiger partial charge in [0, 0.05) is 24.5 Å². The first-order chi connectivity index (χ1) is 17.0. The summed E-state index contributed by atoms with van der Waals surface area (Å²) in [6.45, 7) is 0.210. The highest BCUT2D eigenvalue weighted by atomic mass is 16.5. The van der Waals surface area contributed by atoms with E-state index >= 15 is 0 Å². The monoisotopic (exact) mass is 472 g/mol. The molecule has 9 heteroatoms. The minimum absolute atomic E-state index is 0.203. The summed E-state index contributed by atoms with van der Waals surface area (Å²) in [4.78, 5) is 47.1. The Morgan fingerprint density at radius 2 is 1.77 bits per heavy atom. The Labute approximate surface area is 202 Å². The molecule has 5 rings (SSSR count). The minimum atomic E-state index is -0.773. The van der Waals surface area contributed by atoms with Crippen molar-refractivity contribution in [3.8, 4) is 11.5 Å². The maximum Gasteiger partial charge on any atom is 0.264 e. The van der Waals surface area contributed by atoms with Crippen molar-refractivity contribution in [2.24, 2.45) is 0 Å². The van der Waals surface area contributed by atoms with E-state index in [1.54, 1.807) is 53.7 Å². The smallest absolute Gasteiger partial charge is 0.264 e. The second kappa shape index (κ2) is 9.09. The van der Waals surface area contributed by atoms with Crippen molar-refractivity contribution in [3.05, 3.63) is 83.2 Å². The number of benzene rings is 2. The number of methoxy groups -OCH3 is 2. The summed E-state index contributed by atoms with van der Waals surface area (Å²) in [7, 11) is 2.97. The summed E-state index contributed by atoms with van der Waals surface area (Å²) in [5, 5.41) is 2.88. The number of anilines is 1. The van der Waals surface area contributed by atoms with Crippen molar-refractivity contribution in [2.75, 3.05) is 32.2 Å². The van der Waals surface area contributed by atoms with E-state index in [-0.39, 0.29) is 24.3 Å².